The average molecular weight is 264 g/mol. The summed E-state index contributed by atoms with van der Waals surface area (Å²) < 4.78 is 31.9. The summed E-state index contributed by atoms with van der Waals surface area (Å²) in [6, 6.07) is 3.44. The molecule has 2 aromatic rings. The molecule has 1 heterocycles. The summed E-state index contributed by atoms with van der Waals surface area (Å²) >= 11 is 0. The zero-order valence-corrected chi connectivity index (χ0v) is 10.3. The van der Waals surface area contributed by atoms with Crippen molar-refractivity contribution in [1.29, 1.82) is 0 Å². The highest BCUT2D eigenvalue weighted by Gasteiger charge is 2.27. The third-order valence-corrected chi connectivity index (χ3v) is 3.69. The van der Waals surface area contributed by atoms with E-state index in [1.165, 1.54) is 12.1 Å². The van der Waals surface area contributed by atoms with E-state index in [-0.39, 0.29) is 17.4 Å². The maximum atomic E-state index is 13.9. The minimum Gasteiger partial charge on any atom is -0.367 e. The van der Waals surface area contributed by atoms with Crippen molar-refractivity contribution >= 4 is 5.88 Å². The molecule has 1 aliphatic carbocycles. The van der Waals surface area contributed by atoms with Crippen LogP contribution in [-0.2, 0) is 0 Å². The second kappa shape index (κ2) is 4.64. The van der Waals surface area contributed by atoms with Crippen molar-refractivity contribution in [3.63, 3.8) is 0 Å². The molecule has 0 amide bonds. The molecule has 2 N–H and O–H groups in total. The fourth-order valence-corrected chi connectivity index (χ4v) is 2.76. The zero-order valence-electron chi connectivity index (χ0n) is 10.3. The highest BCUT2D eigenvalue weighted by molar-refractivity contribution is 5.76. The van der Waals surface area contributed by atoms with Crippen molar-refractivity contribution in [3.05, 3.63) is 35.5 Å². The molecule has 0 bridgehead atoms. The SMILES string of the molecule is Nc1onc(C2CCCC2)c1-c1ccc(F)cc1F. The van der Waals surface area contributed by atoms with Gasteiger partial charge in [0.2, 0.25) is 5.88 Å². The number of hydrogen-bond acceptors (Lipinski definition) is 3. The van der Waals surface area contributed by atoms with Gasteiger partial charge < -0.3 is 10.3 Å². The third kappa shape index (κ3) is 2.09. The number of anilines is 1. The number of nitrogens with zero attached hydrogens (tertiary/aromatic N) is 1. The van der Waals surface area contributed by atoms with E-state index in [4.69, 9.17) is 10.3 Å². The molecule has 0 aliphatic heterocycles. The van der Waals surface area contributed by atoms with Crippen LogP contribution in [0.2, 0.25) is 0 Å². The number of halogens is 2. The van der Waals surface area contributed by atoms with Gasteiger partial charge >= 0.3 is 0 Å². The van der Waals surface area contributed by atoms with Crippen LogP contribution in [0.15, 0.2) is 22.7 Å². The first kappa shape index (κ1) is 12.1. The summed E-state index contributed by atoms with van der Waals surface area (Å²) in [6.45, 7) is 0. The predicted octanol–water partition coefficient (Wildman–Crippen LogP) is 3.86. The normalized spacial score (nSPS) is 16.1. The molecule has 1 aromatic carbocycles. The molecule has 0 atom stereocenters. The van der Waals surface area contributed by atoms with Gasteiger partial charge in [-0.2, -0.15) is 0 Å². The minimum absolute atomic E-state index is 0.0902. The molecule has 100 valence electrons. The van der Waals surface area contributed by atoms with Crippen LogP contribution in [0.3, 0.4) is 0 Å². The molecular formula is C14H14F2N2O. The van der Waals surface area contributed by atoms with Gasteiger partial charge in [0.25, 0.3) is 0 Å². The molecule has 3 rings (SSSR count). The number of benzene rings is 1. The fraction of sp³-hybridized carbons (Fsp3) is 0.357. The Kier molecular flexibility index (Phi) is 2.97. The van der Waals surface area contributed by atoms with E-state index in [1.807, 2.05) is 0 Å². The lowest BCUT2D eigenvalue weighted by atomic mass is 9.95. The largest absolute Gasteiger partial charge is 0.367 e. The average Bonchev–Trinajstić information content (AvgIpc) is 2.99. The molecule has 0 unspecified atom stereocenters. The van der Waals surface area contributed by atoms with Crippen LogP contribution in [0.1, 0.15) is 37.3 Å². The minimum atomic E-state index is -0.644. The Morgan fingerprint density at radius 3 is 2.63 bits per heavy atom. The second-order valence-electron chi connectivity index (χ2n) is 4.91. The third-order valence-electron chi connectivity index (χ3n) is 3.69. The molecule has 0 saturated heterocycles. The Balaban J connectivity index is 2.10. The van der Waals surface area contributed by atoms with Gasteiger partial charge in [0.1, 0.15) is 11.6 Å². The first-order chi connectivity index (χ1) is 9.16. The van der Waals surface area contributed by atoms with E-state index in [1.54, 1.807) is 0 Å². The number of rotatable bonds is 2. The van der Waals surface area contributed by atoms with Gasteiger partial charge in [-0.15, -0.1) is 0 Å². The lowest BCUT2D eigenvalue weighted by Crippen LogP contribution is -1.98. The summed E-state index contributed by atoms with van der Waals surface area (Å²) in [7, 11) is 0. The number of nitrogen functional groups attached to an aromatic ring is 1. The van der Waals surface area contributed by atoms with Crippen LogP contribution >= 0.6 is 0 Å². The molecular weight excluding hydrogens is 250 g/mol. The van der Waals surface area contributed by atoms with Gasteiger partial charge in [-0.3, -0.25) is 0 Å². The summed E-state index contributed by atoms with van der Waals surface area (Å²) in [6.07, 6.45) is 4.26. The fourth-order valence-electron chi connectivity index (χ4n) is 2.76. The summed E-state index contributed by atoms with van der Waals surface area (Å²) in [5.74, 6) is -0.916. The quantitative estimate of drug-likeness (QED) is 0.896. The van der Waals surface area contributed by atoms with Gasteiger partial charge in [-0.25, -0.2) is 8.78 Å². The molecule has 3 nitrogen and oxygen atoms in total. The number of hydrogen-bond donors (Lipinski definition) is 1. The molecule has 19 heavy (non-hydrogen) atoms. The van der Waals surface area contributed by atoms with Gasteiger partial charge in [-0.1, -0.05) is 18.0 Å². The number of aromatic nitrogens is 1. The predicted molar refractivity (Wildman–Crippen MR) is 67.5 cm³/mol. The Bertz CT molecular complexity index is 603. The van der Waals surface area contributed by atoms with E-state index in [0.717, 1.165) is 31.7 Å². The molecule has 1 aliphatic rings. The molecule has 0 spiro atoms. The van der Waals surface area contributed by atoms with Crippen molar-refractivity contribution < 1.29 is 13.3 Å². The molecule has 1 saturated carbocycles. The molecule has 5 heteroatoms. The Morgan fingerprint density at radius 2 is 1.95 bits per heavy atom. The second-order valence-corrected chi connectivity index (χ2v) is 4.91. The molecule has 1 fully saturated rings. The topological polar surface area (TPSA) is 52.0 Å². The van der Waals surface area contributed by atoms with Crippen molar-refractivity contribution in [3.8, 4) is 11.1 Å². The Morgan fingerprint density at radius 1 is 1.21 bits per heavy atom. The van der Waals surface area contributed by atoms with Crippen LogP contribution in [0.4, 0.5) is 14.7 Å². The van der Waals surface area contributed by atoms with Crippen LogP contribution in [-0.4, -0.2) is 5.16 Å². The van der Waals surface area contributed by atoms with E-state index in [9.17, 15) is 8.78 Å². The van der Waals surface area contributed by atoms with E-state index in [2.05, 4.69) is 5.16 Å². The molecule has 0 radical (unpaired) electrons. The lowest BCUT2D eigenvalue weighted by Gasteiger charge is -2.08. The van der Waals surface area contributed by atoms with Crippen molar-refractivity contribution in [2.24, 2.45) is 0 Å². The van der Waals surface area contributed by atoms with Crippen LogP contribution in [0, 0.1) is 11.6 Å². The van der Waals surface area contributed by atoms with Crippen molar-refractivity contribution in [2.45, 2.75) is 31.6 Å². The highest BCUT2D eigenvalue weighted by atomic mass is 19.1. The first-order valence-corrected chi connectivity index (χ1v) is 6.37. The van der Waals surface area contributed by atoms with Crippen molar-refractivity contribution in [1.82, 2.24) is 5.16 Å². The summed E-state index contributed by atoms with van der Waals surface area (Å²) in [5.41, 5.74) is 7.18. The Hall–Kier alpha value is -1.91. The van der Waals surface area contributed by atoms with E-state index in [0.29, 0.717) is 11.3 Å². The smallest absolute Gasteiger partial charge is 0.230 e. The Labute approximate surface area is 109 Å². The molecule has 1 aromatic heterocycles. The van der Waals surface area contributed by atoms with Gasteiger partial charge in [-0.05, 0) is 25.0 Å². The zero-order chi connectivity index (χ0) is 13.4. The maximum absolute atomic E-state index is 13.9. The first-order valence-electron chi connectivity index (χ1n) is 6.37. The lowest BCUT2D eigenvalue weighted by molar-refractivity contribution is 0.420. The van der Waals surface area contributed by atoms with Crippen LogP contribution in [0.5, 0.6) is 0 Å². The van der Waals surface area contributed by atoms with Gasteiger partial charge in [0.15, 0.2) is 0 Å². The van der Waals surface area contributed by atoms with Gasteiger partial charge in [0.05, 0.1) is 11.3 Å². The maximum Gasteiger partial charge on any atom is 0.230 e. The van der Waals surface area contributed by atoms with Crippen molar-refractivity contribution in [2.75, 3.05) is 5.73 Å². The van der Waals surface area contributed by atoms with E-state index >= 15 is 0 Å². The van der Waals surface area contributed by atoms with E-state index < -0.39 is 11.6 Å². The summed E-state index contributed by atoms with van der Waals surface area (Å²) in [4.78, 5) is 0. The van der Waals surface area contributed by atoms with Crippen LogP contribution in [0.25, 0.3) is 11.1 Å². The number of nitrogens with two attached hydrogens (primary N) is 1. The standard InChI is InChI=1S/C14H14F2N2O/c15-9-5-6-10(11(16)7-9)12-13(18-19-14(12)17)8-3-1-2-4-8/h5-8H,1-4,17H2. The highest BCUT2D eigenvalue weighted by Crippen LogP contribution is 2.41. The monoisotopic (exact) mass is 264 g/mol. The van der Waals surface area contributed by atoms with Crippen LogP contribution < -0.4 is 5.73 Å². The summed E-state index contributed by atoms with van der Waals surface area (Å²) in [5, 5.41) is 3.98. The van der Waals surface area contributed by atoms with Gasteiger partial charge in [0, 0.05) is 17.5 Å².